The van der Waals surface area contributed by atoms with Crippen molar-refractivity contribution in [2.45, 2.75) is 25.9 Å². The van der Waals surface area contributed by atoms with Gasteiger partial charge in [-0.15, -0.1) is 0 Å². The van der Waals surface area contributed by atoms with Crippen LogP contribution in [0.1, 0.15) is 24.2 Å². The summed E-state index contributed by atoms with van der Waals surface area (Å²) in [5, 5.41) is 2.56. The maximum Gasteiger partial charge on any atom is 0.237 e. The maximum absolute atomic E-state index is 11.8. The maximum atomic E-state index is 11.8. The lowest BCUT2D eigenvalue weighted by Gasteiger charge is -2.14. The zero-order valence-electron chi connectivity index (χ0n) is 9.44. The van der Waals surface area contributed by atoms with Crippen LogP contribution in [-0.4, -0.2) is 23.8 Å². The van der Waals surface area contributed by atoms with E-state index < -0.39 is 12.1 Å². The number of Topliss-reactive ketones (excluding diaryl/α,β-unsaturated/α-hetero) is 1. The molecule has 3 N–H and O–H groups in total. The van der Waals surface area contributed by atoms with Crippen LogP contribution in [0.4, 0.5) is 0 Å². The van der Waals surface area contributed by atoms with Crippen LogP contribution in [0.3, 0.4) is 0 Å². The van der Waals surface area contributed by atoms with Crippen LogP contribution in [0.5, 0.6) is 0 Å². The van der Waals surface area contributed by atoms with Gasteiger partial charge in [0.05, 0.1) is 12.1 Å². The number of benzene rings is 1. The molecule has 86 valence electrons. The first kappa shape index (κ1) is 12.4. The van der Waals surface area contributed by atoms with E-state index in [1.54, 1.807) is 38.1 Å². The number of nitrogens with two attached hydrogens (primary N) is 1. The lowest BCUT2D eigenvalue weighted by molar-refractivity contribution is -0.122. The second-order valence-electron chi connectivity index (χ2n) is 3.75. The van der Waals surface area contributed by atoms with Crippen LogP contribution < -0.4 is 11.1 Å². The van der Waals surface area contributed by atoms with Crippen molar-refractivity contribution in [2.75, 3.05) is 0 Å². The van der Waals surface area contributed by atoms with E-state index >= 15 is 0 Å². The molecular formula is C12H16N2O2. The molecule has 0 aliphatic heterocycles. The fourth-order valence-electron chi connectivity index (χ4n) is 1.26. The Morgan fingerprint density at radius 2 is 1.75 bits per heavy atom. The van der Waals surface area contributed by atoms with E-state index in [1.165, 1.54) is 0 Å². The number of ketones is 1. The topological polar surface area (TPSA) is 72.2 Å². The quantitative estimate of drug-likeness (QED) is 0.734. The van der Waals surface area contributed by atoms with Crippen molar-refractivity contribution < 1.29 is 9.59 Å². The molecule has 1 aromatic carbocycles. The number of carbonyl (C=O) groups excluding carboxylic acids is 2. The van der Waals surface area contributed by atoms with Crippen molar-refractivity contribution in [1.29, 1.82) is 0 Å². The van der Waals surface area contributed by atoms with Gasteiger partial charge in [-0.25, -0.2) is 0 Å². The van der Waals surface area contributed by atoms with Gasteiger partial charge in [-0.1, -0.05) is 30.3 Å². The van der Waals surface area contributed by atoms with E-state index in [-0.39, 0.29) is 11.7 Å². The van der Waals surface area contributed by atoms with Gasteiger partial charge >= 0.3 is 0 Å². The highest BCUT2D eigenvalue weighted by Crippen LogP contribution is 2.03. The summed E-state index contributed by atoms with van der Waals surface area (Å²) in [6.45, 7) is 3.23. The van der Waals surface area contributed by atoms with E-state index in [9.17, 15) is 9.59 Å². The summed E-state index contributed by atoms with van der Waals surface area (Å²) in [5.41, 5.74) is 5.98. The fraction of sp³-hybridized carbons (Fsp3) is 0.333. The molecule has 0 aliphatic carbocycles. The second-order valence-corrected chi connectivity index (χ2v) is 3.75. The number of rotatable bonds is 4. The van der Waals surface area contributed by atoms with Gasteiger partial charge in [0.15, 0.2) is 5.78 Å². The Balaban J connectivity index is 2.65. The largest absolute Gasteiger partial charge is 0.345 e. The number of carbonyl (C=O) groups is 2. The van der Waals surface area contributed by atoms with Crippen LogP contribution in [0.15, 0.2) is 30.3 Å². The lowest BCUT2D eigenvalue weighted by atomic mass is 10.1. The lowest BCUT2D eigenvalue weighted by Crippen LogP contribution is -2.45. The molecule has 4 nitrogen and oxygen atoms in total. The normalized spacial score (nSPS) is 13.9. The molecule has 1 rings (SSSR count). The number of nitrogens with one attached hydrogen (secondary N) is 1. The molecule has 1 aromatic rings. The van der Waals surface area contributed by atoms with Crippen LogP contribution >= 0.6 is 0 Å². The molecule has 0 aliphatic rings. The van der Waals surface area contributed by atoms with Gasteiger partial charge in [-0.2, -0.15) is 0 Å². The first-order valence-corrected chi connectivity index (χ1v) is 5.17. The highest BCUT2D eigenvalue weighted by molar-refractivity contribution is 6.01. The highest BCUT2D eigenvalue weighted by Gasteiger charge is 2.18. The minimum atomic E-state index is -0.606. The Bertz CT molecular complexity index is 374. The third-order valence-electron chi connectivity index (χ3n) is 2.22. The Labute approximate surface area is 94.8 Å². The van der Waals surface area contributed by atoms with Gasteiger partial charge in [-0.3, -0.25) is 9.59 Å². The monoisotopic (exact) mass is 220 g/mol. The average molecular weight is 220 g/mol. The zero-order chi connectivity index (χ0) is 12.1. The van der Waals surface area contributed by atoms with Crippen molar-refractivity contribution in [2.24, 2.45) is 5.73 Å². The summed E-state index contributed by atoms with van der Waals surface area (Å²) in [7, 11) is 0. The highest BCUT2D eigenvalue weighted by atomic mass is 16.2. The molecule has 2 atom stereocenters. The molecular weight excluding hydrogens is 204 g/mol. The Morgan fingerprint density at radius 1 is 1.19 bits per heavy atom. The molecule has 4 heteroatoms. The Morgan fingerprint density at radius 3 is 2.25 bits per heavy atom. The average Bonchev–Trinajstić information content (AvgIpc) is 2.28. The predicted octanol–water partition coefficient (Wildman–Crippen LogP) is 0.721. The van der Waals surface area contributed by atoms with Crippen LogP contribution in [0, 0.1) is 0 Å². The van der Waals surface area contributed by atoms with E-state index in [2.05, 4.69) is 5.32 Å². The van der Waals surface area contributed by atoms with Crippen molar-refractivity contribution in [3.05, 3.63) is 35.9 Å². The number of amides is 1. The van der Waals surface area contributed by atoms with E-state index in [4.69, 9.17) is 5.73 Å². The number of hydrogen-bond donors (Lipinski definition) is 2. The van der Waals surface area contributed by atoms with Crippen molar-refractivity contribution in [3.63, 3.8) is 0 Å². The van der Waals surface area contributed by atoms with E-state index in [0.29, 0.717) is 5.56 Å². The molecule has 16 heavy (non-hydrogen) atoms. The van der Waals surface area contributed by atoms with Crippen molar-refractivity contribution in [3.8, 4) is 0 Å². The summed E-state index contributed by atoms with van der Waals surface area (Å²) in [6, 6.07) is 7.68. The van der Waals surface area contributed by atoms with Gasteiger partial charge in [0.25, 0.3) is 0 Å². The van der Waals surface area contributed by atoms with E-state index in [1.807, 2.05) is 6.07 Å². The van der Waals surface area contributed by atoms with Crippen molar-refractivity contribution in [1.82, 2.24) is 5.32 Å². The van der Waals surface area contributed by atoms with Gasteiger partial charge in [0.2, 0.25) is 5.91 Å². The standard InChI is InChI=1S/C12H16N2O2/c1-8(13)12(16)14-9(2)11(15)10-6-4-3-5-7-10/h3-9H,13H2,1-2H3,(H,14,16)/t8-,9-/m0/s1. The van der Waals surface area contributed by atoms with Crippen molar-refractivity contribution >= 4 is 11.7 Å². The Hall–Kier alpha value is -1.68. The molecule has 0 saturated carbocycles. The Kier molecular flexibility index (Phi) is 4.19. The molecule has 0 saturated heterocycles. The van der Waals surface area contributed by atoms with Crippen LogP contribution in [-0.2, 0) is 4.79 Å². The minimum absolute atomic E-state index is 0.116. The summed E-state index contributed by atoms with van der Waals surface area (Å²) < 4.78 is 0. The molecule has 0 radical (unpaired) electrons. The van der Waals surface area contributed by atoms with Gasteiger partial charge < -0.3 is 11.1 Å². The molecule has 0 aromatic heterocycles. The third kappa shape index (κ3) is 3.17. The summed E-state index contributed by atoms with van der Waals surface area (Å²) >= 11 is 0. The molecule has 1 amide bonds. The minimum Gasteiger partial charge on any atom is -0.345 e. The molecule has 0 bridgehead atoms. The predicted molar refractivity (Wildman–Crippen MR) is 62.0 cm³/mol. The second kappa shape index (κ2) is 5.42. The summed E-state index contributed by atoms with van der Waals surface area (Å²) in [6.07, 6.45) is 0. The van der Waals surface area contributed by atoms with Crippen LogP contribution in [0.2, 0.25) is 0 Å². The molecule has 0 fully saturated rings. The molecule has 0 heterocycles. The van der Waals surface area contributed by atoms with Gasteiger partial charge in [0.1, 0.15) is 0 Å². The van der Waals surface area contributed by atoms with Gasteiger partial charge in [0, 0.05) is 5.56 Å². The fourth-order valence-corrected chi connectivity index (χ4v) is 1.26. The first-order valence-electron chi connectivity index (χ1n) is 5.17. The van der Waals surface area contributed by atoms with E-state index in [0.717, 1.165) is 0 Å². The summed E-state index contributed by atoms with van der Waals surface area (Å²) in [4.78, 5) is 23.1. The first-order chi connectivity index (χ1) is 7.52. The zero-order valence-corrected chi connectivity index (χ0v) is 9.44. The molecule has 0 unspecified atom stereocenters. The van der Waals surface area contributed by atoms with Crippen LogP contribution in [0.25, 0.3) is 0 Å². The molecule has 0 spiro atoms. The number of hydrogen-bond acceptors (Lipinski definition) is 3. The van der Waals surface area contributed by atoms with Gasteiger partial charge in [-0.05, 0) is 13.8 Å². The third-order valence-corrected chi connectivity index (χ3v) is 2.22. The smallest absolute Gasteiger partial charge is 0.237 e. The SMILES string of the molecule is C[C@H](N)C(=O)N[C@@H](C)C(=O)c1ccccc1. The summed E-state index contributed by atoms with van der Waals surface area (Å²) in [5.74, 6) is -0.439.